The number of hydrogen-bond acceptors (Lipinski definition) is 4. The second kappa shape index (κ2) is 8.55. The average molecular weight is 244 g/mol. The highest BCUT2D eigenvalue weighted by Gasteiger charge is 2.14. The molecule has 6 heteroatoms. The number of carbonyl (C=O) groups excluding carboxylic acids is 3. The Morgan fingerprint density at radius 3 is 2.41 bits per heavy atom. The van der Waals surface area contributed by atoms with Crippen LogP contribution in [-0.4, -0.2) is 37.5 Å². The highest BCUT2D eigenvalue weighted by molar-refractivity contribution is 5.79. The molecule has 0 aromatic carbocycles. The number of rotatable bonds is 7. The zero-order valence-electron chi connectivity index (χ0n) is 10.5. The second-order valence-electron chi connectivity index (χ2n) is 3.69. The third kappa shape index (κ3) is 8.24. The topological polar surface area (TPSA) is 84.5 Å². The maximum absolute atomic E-state index is 11.3. The Hall–Kier alpha value is -1.59. The molecule has 0 aliphatic heterocycles. The number of esters is 1. The van der Waals surface area contributed by atoms with Crippen molar-refractivity contribution in [3.8, 4) is 0 Å². The van der Waals surface area contributed by atoms with Gasteiger partial charge in [0.2, 0.25) is 11.8 Å². The van der Waals surface area contributed by atoms with Gasteiger partial charge in [-0.2, -0.15) is 0 Å². The molecule has 2 N–H and O–H groups in total. The molecule has 98 valence electrons. The minimum absolute atomic E-state index is 0.169. The first-order valence-corrected chi connectivity index (χ1v) is 5.65. The summed E-state index contributed by atoms with van der Waals surface area (Å²) in [5.41, 5.74) is 0. The number of carbonyl (C=O) groups is 3. The summed E-state index contributed by atoms with van der Waals surface area (Å²) < 4.78 is 4.80. The molecule has 0 spiro atoms. The molecule has 0 fully saturated rings. The second-order valence-corrected chi connectivity index (χ2v) is 3.69. The van der Waals surface area contributed by atoms with Crippen molar-refractivity contribution in [1.29, 1.82) is 0 Å². The molecule has 0 aliphatic rings. The van der Waals surface area contributed by atoms with E-state index in [2.05, 4.69) is 10.6 Å². The lowest BCUT2D eigenvalue weighted by molar-refractivity contribution is -0.147. The summed E-state index contributed by atoms with van der Waals surface area (Å²) in [6, 6.07) is 0. The van der Waals surface area contributed by atoms with Gasteiger partial charge < -0.3 is 15.4 Å². The van der Waals surface area contributed by atoms with Gasteiger partial charge in [-0.3, -0.25) is 14.4 Å². The van der Waals surface area contributed by atoms with Crippen molar-refractivity contribution in [2.24, 2.45) is 5.92 Å². The van der Waals surface area contributed by atoms with E-state index in [1.165, 1.54) is 6.92 Å². The van der Waals surface area contributed by atoms with Crippen LogP contribution in [0.5, 0.6) is 0 Å². The maximum atomic E-state index is 11.3. The number of ether oxygens (including phenoxy) is 1. The number of hydrogen-bond donors (Lipinski definition) is 2. The number of amides is 2. The van der Waals surface area contributed by atoms with Crippen LogP contribution >= 0.6 is 0 Å². The lowest BCUT2D eigenvalue weighted by atomic mass is 10.2. The largest absolute Gasteiger partial charge is 0.466 e. The van der Waals surface area contributed by atoms with E-state index in [4.69, 9.17) is 4.74 Å². The Morgan fingerprint density at radius 2 is 1.88 bits per heavy atom. The molecule has 0 saturated heterocycles. The van der Waals surface area contributed by atoms with Gasteiger partial charge in [0.15, 0.2) is 0 Å². The Labute approximate surface area is 101 Å². The summed E-state index contributed by atoms with van der Waals surface area (Å²) in [6.07, 6.45) is 0.203. The van der Waals surface area contributed by atoms with E-state index in [0.29, 0.717) is 13.2 Å². The van der Waals surface area contributed by atoms with E-state index in [9.17, 15) is 14.4 Å². The van der Waals surface area contributed by atoms with E-state index in [-0.39, 0.29) is 36.7 Å². The average Bonchev–Trinajstić information content (AvgIpc) is 2.25. The van der Waals surface area contributed by atoms with Crippen LogP contribution in [0, 0.1) is 5.92 Å². The molecular weight excluding hydrogens is 224 g/mol. The zero-order valence-corrected chi connectivity index (χ0v) is 10.5. The summed E-state index contributed by atoms with van der Waals surface area (Å²) >= 11 is 0. The Kier molecular flexibility index (Phi) is 7.75. The standard InChI is InChI=1S/C11H20N2O4/c1-4-17-11(16)8(2)7-13-10(15)5-6-12-9(3)14/h8H,4-7H2,1-3H3,(H,12,14)(H,13,15)/t8-/m0/s1. The van der Waals surface area contributed by atoms with Crippen molar-refractivity contribution in [1.82, 2.24) is 10.6 Å². The summed E-state index contributed by atoms with van der Waals surface area (Å²) in [4.78, 5) is 33.1. The first-order valence-electron chi connectivity index (χ1n) is 5.65. The predicted molar refractivity (Wildman–Crippen MR) is 62.1 cm³/mol. The summed E-state index contributed by atoms with van der Waals surface area (Å²) in [7, 11) is 0. The molecule has 0 unspecified atom stereocenters. The Bertz CT molecular complexity index is 279. The van der Waals surface area contributed by atoms with Crippen LogP contribution in [0.25, 0.3) is 0 Å². The Balaban J connectivity index is 3.69. The SMILES string of the molecule is CCOC(=O)[C@@H](C)CNC(=O)CCNC(C)=O. The van der Waals surface area contributed by atoms with Crippen LogP contribution in [0.1, 0.15) is 27.2 Å². The number of nitrogens with one attached hydrogen (secondary N) is 2. The third-order valence-electron chi connectivity index (χ3n) is 2.02. The maximum Gasteiger partial charge on any atom is 0.310 e. The van der Waals surface area contributed by atoms with Crippen LogP contribution < -0.4 is 10.6 Å². The summed E-state index contributed by atoms with van der Waals surface area (Å²) in [5, 5.41) is 5.12. The smallest absolute Gasteiger partial charge is 0.310 e. The van der Waals surface area contributed by atoms with Gasteiger partial charge >= 0.3 is 5.97 Å². The van der Waals surface area contributed by atoms with Crippen LogP contribution in [0.4, 0.5) is 0 Å². The molecule has 0 aromatic heterocycles. The fraction of sp³-hybridized carbons (Fsp3) is 0.727. The first kappa shape index (κ1) is 15.4. The van der Waals surface area contributed by atoms with Crippen LogP contribution in [0.2, 0.25) is 0 Å². The van der Waals surface area contributed by atoms with Crippen LogP contribution in [-0.2, 0) is 19.1 Å². The van der Waals surface area contributed by atoms with Crippen molar-refractivity contribution >= 4 is 17.8 Å². The molecule has 0 bridgehead atoms. The molecule has 1 atom stereocenters. The molecule has 0 aromatic rings. The van der Waals surface area contributed by atoms with Gasteiger partial charge in [-0.25, -0.2) is 0 Å². The van der Waals surface area contributed by atoms with Gasteiger partial charge in [-0.05, 0) is 6.92 Å². The van der Waals surface area contributed by atoms with Gasteiger partial charge in [0.1, 0.15) is 0 Å². The van der Waals surface area contributed by atoms with Crippen LogP contribution in [0.15, 0.2) is 0 Å². The van der Waals surface area contributed by atoms with Crippen LogP contribution in [0.3, 0.4) is 0 Å². The summed E-state index contributed by atoms with van der Waals surface area (Å²) in [5.74, 6) is -1.05. The van der Waals surface area contributed by atoms with E-state index >= 15 is 0 Å². The van der Waals surface area contributed by atoms with E-state index in [1.807, 2.05) is 0 Å². The molecule has 6 nitrogen and oxygen atoms in total. The van der Waals surface area contributed by atoms with E-state index < -0.39 is 0 Å². The predicted octanol–water partition coefficient (Wildman–Crippen LogP) is -0.172. The third-order valence-corrected chi connectivity index (χ3v) is 2.02. The fourth-order valence-electron chi connectivity index (χ4n) is 1.08. The van der Waals surface area contributed by atoms with Gasteiger partial charge in [0.05, 0.1) is 12.5 Å². The molecule has 2 amide bonds. The Morgan fingerprint density at radius 1 is 1.24 bits per heavy atom. The van der Waals surface area contributed by atoms with Crippen molar-refractivity contribution in [3.63, 3.8) is 0 Å². The zero-order chi connectivity index (χ0) is 13.3. The molecule has 0 saturated carbocycles. The van der Waals surface area contributed by atoms with Crippen molar-refractivity contribution in [3.05, 3.63) is 0 Å². The molecule has 0 radical (unpaired) electrons. The minimum Gasteiger partial charge on any atom is -0.466 e. The lowest BCUT2D eigenvalue weighted by Crippen LogP contribution is -2.34. The highest BCUT2D eigenvalue weighted by atomic mass is 16.5. The highest BCUT2D eigenvalue weighted by Crippen LogP contribution is 1.96. The van der Waals surface area contributed by atoms with Gasteiger partial charge in [-0.15, -0.1) is 0 Å². The normalized spacial score (nSPS) is 11.5. The van der Waals surface area contributed by atoms with E-state index in [0.717, 1.165) is 0 Å². The molecule has 0 heterocycles. The molecule has 0 rings (SSSR count). The first-order chi connectivity index (χ1) is 7.97. The van der Waals surface area contributed by atoms with Gasteiger partial charge in [0.25, 0.3) is 0 Å². The van der Waals surface area contributed by atoms with Gasteiger partial charge in [-0.1, -0.05) is 6.92 Å². The minimum atomic E-state index is -0.361. The van der Waals surface area contributed by atoms with Gasteiger partial charge in [0, 0.05) is 26.4 Å². The quantitative estimate of drug-likeness (QED) is 0.609. The molecule has 17 heavy (non-hydrogen) atoms. The monoisotopic (exact) mass is 244 g/mol. The lowest BCUT2D eigenvalue weighted by Gasteiger charge is -2.11. The molecular formula is C11H20N2O4. The van der Waals surface area contributed by atoms with E-state index in [1.54, 1.807) is 13.8 Å². The van der Waals surface area contributed by atoms with Crippen molar-refractivity contribution in [2.45, 2.75) is 27.2 Å². The van der Waals surface area contributed by atoms with Crippen molar-refractivity contribution < 1.29 is 19.1 Å². The van der Waals surface area contributed by atoms with Crippen molar-refractivity contribution in [2.75, 3.05) is 19.7 Å². The summed E-state index contributed by atoms with van der Waals surface area (Å²) in [6.45, 7) is 5.69. The molecule has 0 aliphatic carbocycles. The fourth-order valence-corrected chi connectivity index (χ4v) is 1.08.